The minimum Gasteiger partial charge on any atom is -0.457 e. The predicted molar refractivity (Wildman–Crippen MR) is 136 cm³/mol. The molecule has 2 heterocycles. The minimum absolute atomic E-state index is 0.0404. The molecule has 2 aromatic carbocycles. The average Bonchev–Trinajstić information content (AvgIpc) is 2.92. The van der Waals surface area contributed by atoms with Crippen molar-refractivity contribution in [1.29, 1.82) is 0 Å². The van der Waals surface area contributed by atoms with Crippen molar-refractivity contribution in [3.8, 4) is 11.5 Å². The molecule has 0 aliphatic rings. The van der Waals surface area contributed by atoms with E-state index in [1.807, 2.05) is 0 Å². The number of anilines is 1. The number of carbonyl (C=O) groups excluding carboxylic acids is 1. The second kappa shape index (κ2) is 12.1. The van der Waals surface area contributed by atoms with E-state index in [0.29, 0.717) is 15.9 Å². The predicted octanol–water partition coefficient (Wildman–Crippen LogP) is 5.24. The molecule has 0 saturated heterocycles. The number of halogens is 7. The molecule has 0 bridgehead atoms. The number of aromatic nitrogens is 4. The van der Waals surface area contributed by atoms with E-state index in [0.717, 1.165) is 18.3 Å². The Kier molecular flexibility index (Phi) is 8.70. The van der Waals surface area contributed by atoms with Gasteiger partial charge in [0.05, 0.1) is 16.8 Å². The van der Waals surface area contributed by atoms with Crippen molar-refractivity contribution in [2.24, 2.45) is 0 Å². The highest BCUT2D eigenvalue weighted by Crippen LogP contribution is 2.37. The summed E-state index contributed by atoms with van der Waals surface area (Å²) < 4.78 is 84.2. The topological polar surface area (TPSA) is 99.4 Å². The molecule has 4 rings (SSSR count). The monoisotopic (exact) mass is 613 g/mol. The van der Waals surface area contributed by atoms with Crippen LogP contribution in [0.25, 0.3) is 0 Å². The van der Waals surface area contributed by atoms with Gasteiger partial charge < -0.3 is 14.5 Å². The summed E-state index contributed by atoms with van der Waals surface area (Å²) in [5.41, 5.74) is -0.945. The van der Waals surface area contributed by atoms with E-state index in [2.05, 4.69) is 19.8 Å². The molecule has 0 aliphatic carbocycles. The Morgan fingerprint density at radius 3 is 2.24 bits per heavy atom. The fraction of sp³-hybridized carbons (Fsp3) is 0.192. The van der Waals surface area contributed by atoms with Crippen LogP contribution in [0.3, 0.4) is 0 Å². The standard InChI is InChI=1S/C26H18ClF6N5O4/c1-37(12-15-2-4-18(5-3-15)41-19-6-7-21(27)20(9-19)25(28,29)30)24-36-22(39)17(8-16-10-34-14-35-11-16)13-38(24)42-23(40)26(31,32)33/h2-7,9-11,13-14H,8,12H2,1H3. The summed E-state index contributed by atoms with van der Waals surface area (Å²) in [5.74, 6) is -2.88. The quantitative estimate of drug-likeness (QED) is 0.249. The first kappa shape index (κ1) is 30.3. The van der Waals surface area contributed by atoms with Crippen LogP contribution in [0.4, 0.5) is 32.3 Å². The van der Waals surface area contributed by atoms with Crippen molar-refractivity contribution < 1.29 is 40.7 Å². The van der Waals surface area contributed by atoms with Gasteiger partial charge in [-0.25, -0.2) is 14.8 Å². The molecule has 0 radical (unpaired) electrons. The van der Waals surface area contributed by atoms with E-state index in [1.165, 1.54) is 61.0 Å². The molecule has 0 fully saturated rings. The van der Waals surface area contributed by atoms with Crippen LogP contribution in [-0.4, -0.2) is 38.9 Å². The normalized spacial score (nSPS) is 11.7. The van der Waals surface area contributed by atoms with Gasteiger partial charge in [0, 0.05) is 38.0 Å². The maximum absolute atomic E-state index is 13.1. The van der Waals surface area contributed by atoms with Gasteiger partial charge in [-0.3, -0.25) is 4.79 Å². The van der Waals surface area contributed by atoms with Gasteiger partial charge >= 0.3 is 18.3 Å². The Hall–Kier alpha value is -4.66. The molecular formula is C26H18ClF6N5O4. The molecule has 0 N–H and O–H groups in total. The zero-order valence-electron chi connectivity index (χ0n) is 21.3. The average molecular weight is 614 g/mol. The van der Waals surface area contributed by atoms with Gasteiger partial charge in [0.2, 0.25) is 5.95 Å². The van der Waals surface area contributed by atoms with E-state index in [9.17, 15) is 35.9 Å². The third-order valence-corrected chi connectivity index (χ3v) is 5.86. The molecule has 0 saturated carbocycles. The first-order valence-corrected chi connectivity index (χ1v) is 12.1. The lowest BCUT2D eigenvalue weighted by atomic mass is 10.1. The number of hydrogen-bond donors (Lipinski definition) is 0. The first-order chi connectivity index (χ1) is 19.7. The van der Waals surface area contributed by atoms with Crippen LogP contribution in [0.5, 0.6) is 11.5 Å². The number of hydrogen-bond acceptors (Lipinski definition) is 8. The van der Waals surface area contributed by atoms with Gasteiger partial charge in [-0.15, -0.1) is 4.73 Å². The number of carbonyl (C=O) groups is 1. The van der Waals surface area contributed by atoms with Crippen LogP contribution < -0.4 is 20.0 Å². The third-order valence-electron chi connectivity index (χ3n) is 5.53. The van der Waals surface area contributed by atoms with Crippen LogP contribution in [0.15, 0.2) is 72.2 Å². The lowest BCUT2D eigenvalue weighted by Crippen LogP contribution is -2.37. The van der Waals surface area contributed by atoms with Crippen LogP contribution >= 0.6 is 11.6 Å². The summed E-state index contributed by atoms with van der Waals surface area (Å²) in [4.78, 5) is 41.5. The van der Waals surface area contributed by atoms with Crippen molar-refractivity contribution in [1.82, 2.24) is 19.7 Å². The summed E-state index contributed by atoms with van der Waals surface area (Å²) in [7, 11) is 1.39. The second-order valence-electron chi connectivity index (χ2n) is 8.74. The van der Waals surface area contributed by atoms with Gasteiger partial charge in [0.15, 0.2) is 0 Å². The molecular weight excluding hydrogens is 596 g/mol. The molecule has 4 aromatic rings. The number of rotatable bonds is 8. The first-order valence-electron chi connectivity index (χ1n) is 11.7. The van der Waals surface area contributed by atoms with Crippen LogP contribution in [0, 0.1) is 0 Å². The number of ether oxygens (including phenoxy) is 1. The zero-order chi connectivity index (χ0) is 30.7. The molecule has 0 spiro atoms. The minimum atomic E-state index is -5.33. The SMILES string of the molecule is CN(Cc1ccc(Oc2ccc(Cl)c(C(F)(F)F)c2)cc1)c1nc(=O)c(Cc2cncnc2)cn1OC(=O)C(F)(F)F. The van der Waals surface area contributed by atoms with E-state index in [1.54, 1.807) is 0 Å². The molecule has 220 valence electrons. The summed E-state index contributed by atoms with van der Waals surface area (Å²) in [5, 5.41) is -0.483. The molecule has 0 atom stereocenters. The van der Waals surface area contributed by atoms with Gasteiger partial charge in [-0.05, 0) is 41.5 Å². The molecule has 16 heteroatoms. The van der Waals surface area contributed by atoms with Crippen molar-refractivity contribution in [2.45, 2.75) is 25.3 Å². The molecule has 9 nitrogen and oxygen atoms in total. The Morgan fingerprint density at radius 1 is 0.976 bits per heavy atom. The zero-order valence-corrected chi connectivity index (χ0v) is 22.0. The van der Waals surface area contributed by atoms with Crippen molar-refractivity contribution in [2.75, 3.05) is 11.9 Å². The van der Waals surface area contributed by atoms with E-state index in [-0.39, 0.29) is 30.0 Å². The third kappa shape index (κ3) is 7.54. The summed E-state index contributed by atoms with van der Waals surface area (Å²) in [6, 6.07) is 9.02. The lowest BCUT2D eigenvalue weighted by molar-refractivity contribution is -0.199. The Balaban J connectivity index is 1.55. The van der Waals surface area contributed by atoms with Gasteiger partial charge in [-0.2, -0.15) is 31.3 Å². The van der Waals surface area contributed by atoms with E-state index >= 15 is 0 Å². The van der Waals surface area contributed by atoms with Gasteiger partial charge in [0.25, 0.3) is 5.56 Å². The Bertz CT molecular complexity index is 1630. The van der Waals surface area contributed by atoms with Crippen molar-refractivity contribution in [3.63, 3.8) is 0 Å². The smallest absolute Gasteiger partial charge is 0.457 e. The number of nitrogens with zero attached hydrogens (tertiary/aromatic N) is 5. The highest BCUT2D eigenvalue weighted by atomic mass is 35.5. The highest BCUT2D eigenvalue weighted by Gasteiger charge is 2.42. The Morgan fingerprint density at radius 2 is 1.62 bits per heavy atom. The maximum atomic E-state index is 13.1. The van der Waals surface area contributed by atoms with Crippen molar-refractivity contribution in [3.05, 3.63) is 105 Å². The van der Waals surface area contributed by atoms with Crippen LogP contribution in [-0.2, 0) is 23.9 Å². The Labute approximate surface area is 237 Å². The fourth-order valence-electron chi connectivity index (χ4n) is 3.62. The summed E-state index contributed by atoms with van der Waals surface area (Å²) in [6.45, 7) is -0.0404. The van der Waals surface area contributed by atoms with Crippen LogP contribution in [0.1, 0.15) is 22.3 Å². The molecule has 0 amide bonds. The van der Waals surface area contributed by atoms with E-state index in [4.69, 9.17) is 16.3 Å². The molecule has 42 heavy (non-hydrogen) atoms. The van der Waals surface area contributed by atoms with E-state index < -0.39 is 40.4 Å². The summed E-state index contributed by atoms with van der Waals surface area (Å²) >= 11 is 5.62. The lowest BCUT2D eigenvalue weighted by Gasteiger charge is -2.22. The molecule has 0 unspecified atom stereocenters. The molecule has 0 aliphatic heterocycles. The fourth-order valence-corrected chi connectivity index (χ4v) is 3.84. The second-order valence-corrected chi connectivity index (χ2v) is 9.15. The van der Waals surface area contributed by atoms with Crippen molar-refractivity contribution >= 4 is 23.5 Å². The molecule has 2 aromatic heterocycles. The number of benzene rings is 2. The number of alkyl halides is 6. The highest BCUT2D eigenvalue weighted by molar-refractivity contribution is 6.31. The summed E-state index contributed by atoms with van der Waals surface area (Å²) in [6.07, 6.45) is -5.13. The van der Waals surface area contributed by atoms with Gasteiger partial charge in [-0.1, -0.05) is 23.7 Å². The largest absolute Gasteiger partial charge is 0.493 e. The van der Waals surface area contributed by atoms with Crippen LogP contribution in [0.2, 0.25) is 5.02 Å². The maximum Gasteiger partial charge on any atom is 0.493 e. The van der Waals surface area contributed by atoms with Gasteiger partial charge in [0.1, 0.15) is 17.8 Å².